The summed E-state index contributed by atoms with van der Waals surface area (Å²) in [6.45, 7) is 3.98. The number of rotatable bonds is 4. The smallest absolute Gasteiger partial charge is 0.337 e. The second kappa shape index (κ2) is 6.28. The summed E-state index contributed by atoms with van der Waals surface area (Å²) in [7, 11) is 0. The van der Waals surface area contributed by atoms with E-state index in [2.05, 4.69) is 5.32 Å². The number of carbonyl (C=O) groups excluding carboxylic acids is 1. The summed E-state index contributed by atoms with van der Waals surface area (Å²) in [5.74, 6) is -1.48. The molecule has 0 aliphatic heterocycles. The van der Waals surface area contributed by atoms with Crippen LogP contribution in [0.5, 0.6) is 0 Å². The molecule has 4 nitrogen and oxygen atoms in total. The number of halogens is 1. The van der Waals surface area contributed by atoms with Gasteiger partial charge in [0.15, 0.2) is 0 Å². The Morgan fingerprint density at radius 2 is 2.10 bits per heavy atom. The number of amides is 1. The molecule has 0 fully saturated rings. The summed E-state index contributed by atoms with van der Waals surface area (Å²) < 4.78 is 0. The van der Waals surface area contributed by atoms with Gasteiger partial charge in [-0.2, -0.15) is 0 Å². The number of carbonyl (C=O) groups is 2. The predicted octanol–water partition coefficient (Wildman–Crippen LogP) is 4.22. The van der Waals surface area contributed by atoms with E-state index in [0.29, 0.717) is 4.88 Å². The van der Waals surface area contributed by atoms with Crippen LogP contribution in [-0.4, -0.2) is 17.0 Å². The van der Waals surface area contributed by atoms with Crippen LogP contribution >= 0.6 is 22.9 Å². The van der Waals surface area contributed by atoms with Crippen molar-refractivity contribution in [2.45, 2.75) is 20.3 Å². The summed E-state index contributed by atoms with van der Waals surface area (Å²) in [5.41, 5.74) is 1.21. The molecule has 0 saturated carbocycles. The van der Waals surface area contributed by atoms with Gasteiger partial charge in [-0.3, -0.25) is 4.79 Å². The van der Waals surface area contributed by atoms with Gasteiger partial charge in [0, 0.05) is 4.88 Å². The summed E-state index contributed by atoms with van der Waals surface area (Å²) in [6.07, 6.45) is 0.849. The van der Waals surface area contributed by atoms with Gasteiger partial charge in [0.1, 0.15) is 0 Å². The first-order valence-electron chi connectivity index (χ1n) is 6.36. The van der Waals surface area contributed by atoms with Gasteiger partial charge in [-0.15, -0.1) is 11.3 Å². The highest BCUT2D eigenvalue weighted by Crippen LogP contribution is 2.28. The van der Waals surface area contributed by atoms with Crippen LogP contribution in [0.3, 0.4) is 0 Å². The van der Waals surface area contributed by atoms with Gasteiger partial charge < -0.3 is 10.4 Å². The first-order chi connectivity index (χ1) is 9.93. The number of carboxylic acid groups (broad SMARTS) is 1. The van der Waals surface area contributed by atoms with Crippen molar-refractivity contribution in [3.8, 4) is 0 Å². The molecule has 0 radical (unpaired) electrons. The lowest BCUT2D eigenvalue weighted by atomic mass is 10.1. The van der Waals surface area contributed by atoms with Crippen LogP contribution in [0, 0.1) is 6.92 Å². The van der Waals surface area contributed by atoms with E-state index >= 15 is 0 Å². The number of nitrogens with one attached hydrogen (secondary N) is 1. The van der Waals surface area contributed by atoms with E-state index in [1.807, 2.05) is 19.9 Å². The van der Waals surface area contributed by atoms with Gasteiger partial charge in [0.25, 0.3) is 5.91 Å². The minimum Gasteiger partial charge on any atom is -0.478 e. The minimum atomic E-state index is -1.13. The van der Waals surface area contributed by atoms with E-state index in [9.17, 15) is 9.59 Å². The number of aryl methyl sites for hydroxylation is 2. The van der Waals surface area contributed by atoms with E-state index in [-0.39, 0.29) is 22.2 Å². The first kappa shape index (κ1) is 15.5. The molecule has 110 valence electrons. The molecule has 2 aromatic rings. The molecule has 2 rings (SSSR count). The fourth-order valence-corrected chi connectivity index (χ4v) is 3.22. The third kappa shape index (κ3) is 3.25. The van der Waals surface area contributed by atoms with E-state index in [1.165, 1.54) is 23.5 Å². The Bertz CT molecular complexity index is 709. The molecule has 0 saturated heterocycles. The van der Waals surface area contributed by atoms with E-state index in [4.69, 9.17) is 16.7 Å². The van der Waals surface area contributed by atoms with Crippen LogP contribution in [-0.2, 0) is 6.42 Å². The van der Waals surface area contributed by atoms with Crippen molar-refractivity contribution in [2.75, 3.05) is 5.32 Å². The Labute approximate surface area is 131 Å². The van der Waals surface area contributed by atoms with Crippen LogP contribution in [0.1, 0.15) is 37.4 Å². The molecule has 21 heavy (non-hydrogen) atoms. The zero-order chi connectivity index (χ0) is 15.6. The molecule has 0 unspecified atom stereocenters. The lowest BCUT2D eigenvalue weighted by Crippen LogP contribution is -2.14. The molecule has 0 spiro atoms. The van der Waals surface area contributed by atoms with Gasteiger partial charge in [0.2, 0.25) is 0 Å². The van der Waals surface area contributed by atoms with Crippen molar-refractivity contribution in [1.29, 1.82) is 0 Å². The maximum atomic E-state index is 12.3. The largest absolute Gasteiger partial charge is 0.478 e. The lowest BCUT2D eigenvalue weighted by molar-refractivity contribution is 0.0698. The fourth-order valence-electron chi connectivity index (χ4n) is 1.99. The summed E-state index contributed by atoms with van der Waals surface area (Å²) >= 11 is 7.38. The molecule has 0 atom stereocenters. The standard InChI is InChI=1S/C15H14ClNO3S/c1-3-9-7-12(21-8(9)2)14(18)17-13-10(15(19)20)5-4-6-11(13)16/h4-7H,3H2,1-2H3,(H,17,18)(H,19,20). The third-order valence-corrected chi connectivity index (χ3v) is 4.51. The van der Waals surface area contributed by atoms with Gasteiger partial charge >= 0.3 is 5.97 Å². The zero-order valence-electron chi connectivity index (χ0n) is 11.6. The fraction of sp³-hybridized carbons (Fsp3) is 0.200. The van der Waals surface area contributed by atoms with Crippen LogP contribution < -0.4 is 5.32 Å². The topological polar surface area (TPSA) is 66.4 Å². The third-order valence-electron chi connectivity index (χ3n) is 3.11. The van der Waals surface area contributed by atoms with Crippen LogP contribution in [0.25, 0.3) is 0 Å². The Morgan fingerprint density at radius 3 is 2.67 bits per heavy atom. The number of benzene rings is 1. The summed E-state index contributed by atoms with van der Waals surface area (Å²) in [4.78, 5) is 25.1. The monoisotopic (exact) mass is 323 g/mol. The van der Waals surface area contributed by atoms with Crippen LogP contribution in [0.15, 0.2) is 24.3 Å². The number of anilines is 1. The van der Waals surface area contributed by atoms with Crippen molar-refractivity contribution < 1.29 is 14.7 Å². The normalized spacial score (nSPS) is 10.4. The molecule has 1 aromatic heterocycles. The molecule has 0 bridgehead atoms. The van der Waals surface area contributed by atoms with Crippen molar-refractivity contribution in [1.82, 2.24) is 0 Å². The molecule has 1 aromatic carbocycles. The molecule has 0 aliphatic carbocycles. The molecule has 2 N–H and O–H groups in total. The predicted molar refractivity (Wildman–Crippen MR) is 84.8 cm³/mol. The average Bonchev–Trinajstić information content (AvgIpc) is 2.82. The molecule has 1 heterocycles. The highest BCUT2D eigenvalue weighted by Gasteiger charge is 2.18. The Morgan fingerprint density at radius 1 is 1.38 bits per heavy atom. The Hall–Kier alpha value is -1.85. The number of hydrogen-bond donors (Lipinski definition) is 2. The second-order valence-electron chi connectivity index (χ2n) is 4.47. The minimum absolute atomic E-state index is 0.0279. The van der Waals surface area contributed by atoms with Crippen LogP contribution in [0.2, 0.25) is 5.02 Å². The zero-order valence-corrected chi connectivity index (χ0v) is 13.1. The van der Waals surface area contributed by atoms with Gasteiger partial charge in [0.05, 0.1) is 21.2 Å². The van der Waals surface area contributed by atoms with Crippen molar-refractivity contribution in [3.63, 3.8) is 0 Å². The van der Waals surface area contributed by atoms with Gasteiger partial charge in [-0.25, -0.2) is 4.79 Å². The molecule has 0 aliphatic rings. The molecule has 1 amide bonds. The summed E-state index contributed by atoms with van der Waals surface area (Å²) in [6, 6.07) is 6.31. The average molecular weight is 324 g/mol. The quantitative estimate of drug-likeness (QED) is 0.885. The second-order valence-corrected chi connectivity index (χ2v) is 6.13. The van der Waals surface area contributed by atoms with Crippen molar-refractivity contribution >= 4 is 40.5 Å². The van der Waals surface area contributed by atoms with Crippen molar-refractivity contribution in [2.24, 2.45) is 0 Å². The van der Waals surface area contributed by atoms with Crippen molar-refractivity contribution in [3.05, 3.63) is 50.2 Å². The van der Waals surface area contributed by atoms with Gasteiger partial charge in [-0.05, 0) is 37.1 Å². The first-order valence-corrected chi connectivity index (χ1v) is 7.56. The number of para-hydroxylation sites is 1. The van der Waals surface area contributed by atoms with Gasteiger partial charge in [-0.1, -0.05) is 24.6 Å². The van der Waals surface area contributed by atoms with E-state index < -0.39 is 5.97 Å². The molecular weight excluding hydrogens is 310 g/mol. The lowest BCUT2D eigenvalue weighted by Gasteiger charge is -2.09. The SMILES string of the molecule is CCc1cc(C(=O)Nc2c(Cl)cccc2C(=O)O)sc1C. The number of aromatic carboxylic acids is 1. The molecular formula is C15H14ClNO3S. The molecule has 6 heteroatoms. The maximum Gasteiger partial charge on any atom is 0.337 e. The number of carboxylic acids is 1. The highest BCUT2D eigenvalue weighted by molar-refractivity contribution is 7.14. The van der Waals surface area contributed by atoms with E-state index in [0.717, 1.165) is 16.9 Å². The Kier molecular flexibility index (Phi) is 4.65. The highest BCUT2D eigenvalue weighted by atomic mass is 35.5. The Balaban J connectivity index is 2.33. The summed E-state index contributed by atoms with van der Waals surface area (Å²) in [5, 5.41) is 12.0. The maximum absolute atomic E-state index is 12.3. The van der Waals surface area contributed by atoms with E-state index in [1.54, 1.807) is 6.07 Å². The number of thiophene rings is 1. The number of hydrogen-bond acceptors (Lipinski definition) is 3. The van der Waals surface area contributed by atoms with Crippen LogP contribution in [0.4, 0.5) is 5.69 Å².